The molecule has 1 unspecified atom stereocenters. The highest BCUT2D eigenvalue weighted by Gasteiger charge is 2.13. The SMILES string of the molecule is CCCNC(Cc1ccccc1C)c1cncc(F)c1. The van der Waals surface area contributed by atoms with E-state index in [1.807, 2.05) is 12.1 Å². The van der Waals surface area contributed by atoms with E-state index in [4.69, 9.17) is 0 Å². The number of aromatic nitrogens is 1. The van der Waals surface area contributed by atoms with Gasteiger partial charge in [0, 0.05) is 12.2 Å². The molecule has 0 aliphatic rings. The van der Waals surface area contributed by atoms with Crippen LogP contribution in [-0.2, 0) is 6.42 Å². The minimum absolute atomic E-state index is 0.0965. The van der Waals surface area contributed by atoms with Gasteiger partial charge in [-0.15, -0.1) is 0 Å². The third-order valence-electron chi connectivity index (χ3n) is 3.45. The van der Waals surface area contributed by atoms with Crippen LogP contribution in [0.25, 0.3) is 0 Å². The van der Waals surface area contributed by atoms with E-state index in [1.54, 1.807) is 12.3 Å². The van der Waals surface area contributed by atoms with Crippen molar-refractivity contribution in [3.63, 3.8) is 0 Å². The van der Waals surface area contributed by atoms with E-state index >= 15 is 0 Å². The molecule has 0 spiro atoms. The quantitative estimate of drug-likeness (QED) is 0.865. The summed E-state index contributed by atoms with van der Waals surface area (Å²) in [6.07, 6.45) is 4.88. The van der Waals surface area contributed by atoms with Gasteiger partial charge in [-0.05, 0) is 49.1 Å². The molecule has 1 N–H and O–H groups in total. The van der Waals surface area contributed by atoms with Gasteiger partial charge in [0.05, 0.1) is 6.20 Å². The van der Waals surface area contributed by atoms with Gasteiger partial charge in [0.1, 0.15) is 5.82 Å². The Morgan fingerprint density at radius 2 is 2.05 bits per heavy atom. The molecular formula is C17H21FN2. The Morgan fingerprint density at radius 3 is 2.75 bits per heavy atom. The van der Waals surface area contributed by atoms with Crippen molar-refractivity contribution < 1.29 is 4.39 Å². The Morgan fingerprint density at radius 1 is 1.25 bits per heavy atom. The van der Waals surface area contributed by atoms with Crippen molar-refractivity contribution in [1.82, 2.24) is 10.3 Å². The fraction of sp³-hybridized carbons (Fsp3) is 0.353. The molecule has 0 radical (unpaired) electrons. The van der Waals surface area contributed by atoms with Crippen molar-refractivity contribution >= 4 is 0 Å². The van der Waals surface area contributed by atoms with Crippen molar-refractivity contribution in [2.75, 3.05) is 6.54 Å². The van der Waals surface area contributed by atoms with Gasteiger partial charge in [-0.3, -0.25) is 4.98 Å². The summed E-state index contributed by atoms with van der Waals surface area (Å²) in [5, 5.41) is 3.48. The monoisotopic (exact) mass is 272 g/mol. The highest BCUT2D eigenvalue weighted by atomic mass is 19.1. The van der Waals surface area contributed by atoms with E-state index in [2.05, 4.69) is 36.3 Å². The van der Waals surface area contributed by atoms with Crippen LogP contribution >= 0.6 is 0 Å². The number of halogens is 1. The topological polar surface area (TPSA) is 24.9 Å². The number of aryl methyl sites for hydroxylation is 1. The third-order valence-corrected chi connectivity index (χ3v) is 3.45. The fourth-order valence-corrected chi connectivity index (χ4v) is 2.30. The Hall–Kier alpha value is -1.74. The summed E-state index contributed by atoms with van der Waals surface area (Å²) in [7, 11) is 0. The summed E-state index contributed by atoms with van der Waals surface area (Å²) in [5.74, 6) is -0.282. The first-order chi connectivity index (χ1) is 9.70. The minimum atomic E-state index is -0.282. The van der Waals surface area contributed by atoms with E-state index < -0.39 is 0 Å². The predicted molar refractivity (Wildman–Crippen MR) is 80.1 cm³/mol. The molecule has 3 heteroatoms. The molecule has 2 aromatic rings. The van der Waals surface area contributed by atoms with Crippen LogP contribution in [0.15, 0.2) is 42.7 Å². The van der Waals surface area contributed by atoms with E-state index in [9.17, 15) is 4.39 Å². The molecule has 0 saturated heterocycles. The Kier molecular flexibility index (Phi) is 5.24. The number of nitrogens with one attached hydrogen (secondary N) is 1. The van der Waals surface area contributed by atoms with Gasteiger partial charge in [-0.1, -0.05) is 31.2 Å². The molecule has 2 nitrogen and oxygen atoms in total. The highest BCUT2D eigenvalue weighted by Crippen LogP contribution is 2.20. The maximum absolute atomic E-state index is 13.4. The molecule has 2 rings (SSSR count). The molecule has 0 aliphatic heterocycles. The molecule has 1 aromatic heterocycles. The molecule has 1 atom stereocenters. The number of hydrogen-bond donors (Lipinski definition) is 1. The minimum Gasteiger partial charge on any atom is -0.310 e. The zero-order chi connectivity index (χ0) is 14.4. The van der Waals surface area contributed by atoms with Crippen molar-refractivity contribution in [3.05, 3.63) is 65.2 Å². The lowest BCUT2D eigenvalue weighted by molar-refractivity contribution is 0.521. The Bertz CT molecular complexity index is 554. The lowest BCUT2D eigenvalue weighted by Gasteiger charge is -2.20. The van der Waals surface area contributed by atoms with Crippen LogP contribution < -0.4 is 5.32 Å². The summed E-state index contributed by atoms with van der Waals surface area (Å²) in [4.78, 5) is 3.96. The largest absolute Gasteiger partial charge is 0.310 e. The van der Waals surface area contributed by atoms with Gasteiger partial charge in [0.25, 0.3) is 0 Å². The summed E-state index contributed by atoms with van der Waals surface area (Å²) >= 11 is 0. The van der Waals surface area contributed by atoms with Crippen molar-refractivity contribution in [3.8, 4) is 0 Å². The van der Waals surface area contributed by atoms with E-state index in [1.165, 1.54) is 17.3 Å². The van der Waals surface area contributed by atoms with Crippen LogP contribution in [0, 0.1) is 12.7 Å². The Labute approximate surface area is 120 Å². The summed E-state index contributed by atoms with van der Waals surface area (Å²) < 4.78 is 13.4. The second-order valence-electron chi connectivity index (χ2n) is 5.07. The second kappa shape index (κ2) is 7.15. The average Bonchev–Trinajstić information content (AvgIpc) is 2.45. The van der Waals surface area contributed by atoms with Gasteiger partial charge in [0.2, 0.25) is 0 Å². The molecule has 106 valence electrons. The molecule has 0 saturated carbocycles. The maximum atomic E-state index is 13.4. The van der Waals surface area contributed by atoms with Gasteiger partial charge in [-0.25, -0.2) is 4.39 Å². The number of hydrogen-bond acceptors (Lipinski definition) is 2. The van der Waals surface area contributed by atoms with Crippen LogP contribution in [0.4, 0.5) is 4.39 Å². The van der Waals surface area contributed by atoms with Crippen molar-refractivity contribution in [2.24, 2.45) is 0 Å². The first-order valence-corrected chi connectivity index (χ1v) is 7.09. The number of benzene rings is 1. The van der Waals surface area contributed by atoms with E-state index in [-0.39, 0.29) is 11.9 Å². The lowest BCUT2D eigenvalue weighted by atomic mass is 9.97. The second-order valence-corrected chi connectivity index (χ2v) is 5.07. The summed E-state index contributed by atoms with van der Waals surface area (Å²) in [6.45, 7) is 5.14. The van der Waals surface area contributed by atoms with E-state index in [0.29, 0.717) is 0 Å². The van der Waals surface area contributed by atoms with Crippen LogP contribution in [0.5, 0.6) is 0 Å². The highest BCUT2D eigenvalue weighted by molar-refractivity contribution is 5.28. The van der Waals surface area contributed by atoms with Gasteiger partial charge >= 0.3 is 0 Å². The van der Waals surface area contributed by atoms with Gasteiger partial charge < -0.3 is 5.32 Å². The van der Waals surface area contributed by atoms with Gasteiger partial charge in [-0.2, -0.15) is 0 Å². The average molecular weight is 272 g/mol. The fourth-order valence-electron chi connectivity index (χ4n) is 2.30. The molecule has 1 heterocycles. The van der Waals surface area contributed by atoms with Crippen LogP contribution in [0.2, 0.25) is 0 Å². The first kappa shape index (κ1) is 14.7. The molecule has 1 aromatic carbocycles. The smallest absolute Gasteiger partial charge is 0.141 e. The standard InChI is InChI=1S/C17H21FN2/c1-3-8-20-17(15-9-16(18)12-19-11-15)10-14-7-5-4-6-13(14)2/h4-7,9,11-12,17,20H,3,8,10H2,1-2H3. The number of pyridine rings is 1. The normalized spacial score (nSPS) is 12.3. The molecule has 0 amide bonds. The summed E-state index contributed by atoms with van der Waals surface area (Å²) in [5.41, 5.74) is 3.45. The Balaban J connectivity index is 2.21. The maximum Gasteiger partial charge on any atom is 0.141 e. The molecule has 0 bridgehead atoms. The van der Waals surface area contributed by atoms with Crippen LogP contribution in [0.1, 0.15) is 36.1 Å². The number of rotatable bonds is 6. The lowest BCUT2D eigenvalue weighted by Crippen LogP contribution is -2.24. The van der Waals surface area contributed by atoms with Gasteiger partial charge in [0.15, 0.2) is 0 Å². The van der Waals surface area contributed by atoms with Crippen LogP contribution in [0.3, 0.4) is 0 Å². The zero-order valence-corrected chi connectivity index (χ0v) is 12.1. The summed E-state index contributed by atoms with van der Waals surface area (Å²) in [6, 6.07) is 9.98. The third kappa shape index (κ3) is 3.87. The zero-order valence-electron chi connectivity index (χ0n) is 12.1. The molecule has 0 fully saturated rings. The van der Waals surface area contributed by atoms with E-state index in [0.717, 1.165) is 24.9 Å². The van der Waals surface area contributed by atoms with Crippen molar-refractivity contribution in [1.29, 1.82) is 0 Å². The molecular weight excluding hydrogens is 251 g/mol. The molecule has 20 heavy (non-hydrogen) atoms. The molecule has 0 aliphatic carbocycles. The van der Waals surface area contributed by atoms with Crippen molar-refractivity contribution in [2.45, 2.75) is 32.7 Å². The first-order valence-electron chi connectivity index (χ1n) is 7.09. The predicted octanol–water partition coefficient (Wildman–Crippen LogP) is 3.81. The number of nitrogens with zero attached hydrogens (tertiary/aromatic N) is 1. The van der Waals surface area contributed by atoms with Crippen LogP contribution in [-0.4, -0.2) is 11.5 Å².